The first kappa shape index (κ1) is 12.0. The molecule has 1 rings (SSSR count). The molecule has 4 heteroatoms. The van der Waals surface area contributed by atoms with Crippen LogP contribution in [0.5, 0.6) is 0 Å². The van der Waals surface area contributed by atoms with Crippen LogP contribution in [0.4, 0.5) is 0 Å². The number of esters is 1. The molecular weight excluding hydrogens is 359 g/mol. The molecule has 0 aliphatic heterocycles. The van der Waals surface area contributed by atoms with Gasteiger partial charge in [-0.25, -0.2) is 4.79 Å². The van der Waals surface area contributed by atoms with E-state index in [1.54, 1.807) is 13.0 Å². The summed E-state index contributed by atoms with van der Waals surface area (Å²) in [5.74, 6) is -0.258. The van der Waals surface area contributed by atoms with Crippen molar-refractivity contribution in [2.75, 3.05) is 6.61 Å². The van der Waals surface area contributed by atoms with Crippen molar-refractivity contribution in [1.82, 2.24) is 0 Å². The fraction of sp³-hybridized carbons (Fsp3) is 0.300. The highest BCUT2D eigenvalue weighted by atomic mass is 127. The molecule has 1 aromatic carbocycles. The van der Waals surface area contributed by atoms with Crippen LogP contribution in [0.2, 0.25) is 0 Å². The van der Waals surface area contributed by atoms with E-state index in [1.807, 2.05) is 12.1 Å². The second-order valence-corrected chi connectivity index (χ2v) is 4.38. The highest BCUT2D eigenvalue weighted by Crippen LogP contribution is 2.17. The zero-order valence-electron chi connectivity index (χ0n) is 7.72. The summed E-state index contributed by atoms with van der Waals surface area (Å²) < 4.78 is 5.98. The van der Waals surface area contributed by atoms with E-state index in [2.05, 4.69) is 38.5 Å². The minimum Gasteiger partial charge on any atom is -0.462 e. The van der Waals surface area contributed by atoms with Crippen molar-refractivity contribution >= 4 is 44.5 Å². The first-order valence-electron chi connectivity index (χ1n) is 4.20. The molecule has 2 nitrogen and oxygen atoms in total. The molecule has 0 unspecified atom stereocenters. The van der Waals surface area contributed by atoms with E-state index in [1.165, 1.54) is 5.56 Å². The molecule has 0 atom stereocenters. The Hall–Kier alpha value is -0.100. The van der Waals surface area contributed by atoms with Gasteiger partial charge in [0.15, 0.2) is 0 Å². The summed E-state index contributed by atoms with van der Waals surface area (Å²) in [6.45, 7) is 2.21. The summed E-state index contributed by atoms with van der Waals surface area (Å²) in [6, 6.07) is 5.56. The zero-order valence-corrected chi connectivity index (χ0v) is 11.5. The van der Waals surface area contributed by atoms with Gasteiger partial charge in [-0.05, 0) is 47.2 Å². The predicted molar refractivity (Wildman–Crippen MR) is 67.7 cm³/mol. The zero-order chi connectivity index (χ0) is 10.6. The first-order chi connectivity index (χ1) is 6.69. The fourth-order valence-electron chi connectivity index (χ4n) is 0.997. The van der Waals surface area contributed by atoms with Crippen LogP contribution in [0.25, 0.3) is 0 Å². The number of carbonyl (C=O) groups is 1. The molecule has 0 amide bonds. The van der Waals surface area contributed by atoms with Crippen LogP contribution in [0.15, 0.2) is 18.2 Å². The summed E-state index contributed by atoms with van der Waals surface area (Å²) in [6.07, 6.45) is 0. The predicted octanol–water partition coefficient (Wildman–Crippen LogP) is 3.36. The highest BCUT2D eigenvalue weighted by molar-refractivity contribution is 14.1. The van der Waals surface area contributed by atoms with Gasteiger partial charge in [0.1, 0.15) is 0 Å². The molecule has 0 radical (unpaired) electrons. The molecule has 0 aliphatic rings. The van der Waals surface area contributed by atoms with Crippen molar-refractivity contribution in [1.29, 1.82) is 0 Å². The van der Waals surface area contributed by atoms with Crippen LogP contribution in [0.3, 0.4) is 0 Å². The largest absolute Gasteiger partial charge is 0.462 e. The van der Waals surface area contributed by atoms with Crippen molar-refractivity contribution in [3.05, 3.63) is 32.9 Å². The van der Waals surface area contributed by atoms with E-state index in [-0.39, 0.29) is 5.97 Å². The lowest BCUT2D eigenvalue weighted by atomic mass is 10.1. The van der Waals surface area contributed by atoms with Crippen molar-refractivity contribution < 1.29 is 9.53 Å². The van der Waals surface area contributed by atoms with Gasteiger partial charge < -0.3 is 4.74 Å². The number of hydrogen-bond acceptors (Lipinski definition) is 2. The first-order valence-corrected chi connectivity index (χ1v) is 6.40. The summed E-state index contributed by atoms with van der Waals surface area (Å²) in [5, 5.41) is 0.800. The highest BCUT2D eigenvalue weighted by Gasteiger charge is 2.08. The number of rotatable bonds is 3. The molecule has 1 aromatic rings. The SMILES string of the molecule is CCOC(=O)c1ccc(CBr)c(I)c1. The van der Waals surface area contributed by atoms with Gasteiger partial charge in [0.2, 0.25) is 0 Å². The van der Waals surface area contributed by atoms with Crippen molar-refractivity contribution in [3.8, 4) is 0 Å². The molecule has 0 spiro atoms. The van der Waals surface area contributed by atoms with Gasteiger partial charge >= 0.3 is 5.97 Å². The van der Waals surface area contributed by atoms with Crippen molar-refractivity contribution in [2.24, 2.45) is 0 Å². The smallest absolute Gasteiger partial charge is 0.338 e. The standard InChI is InChI=1S/C10H10BrIO2/c1-2-14-10(13)7-3-4-8(6-11)9(12)5-7/h3-5H,2,6H2,1H3. The van der Waals surface area contributed by atoms with Gasteiger partial charge in [-0.2, -0.15) is 0 Å². The number of alkyl halides is 1. The topological polar surface area (TPSA) is 26.3 Å². The molecule has 0 heterocycles. The Kier molecular flexibility index (Phi) is 4.88. The van der Waals surface area contributed by atoms with Gasteiger partial charge in [-0.1, -0.05) is 22.0 Å². The quantitative estimate of drug-likeness (QED) is 0.464. The molecule has 76 valence electrons. The minimum atomic E-state index is -0.258. The van der Waals surface area contributed by atoms with Crippen molar-refractivity contribution in [2.45, 2.75) is 12.3 Å². The van der Waals surface area contributed by atoms with Gasteiger partial charge in [0, 0.05) is 8.90 Å². The third kappa shape index (κ3) is 2.95. The van der Waals surface area contributed by atoms with Gasteiger partial charge in [-0.15, -0.1) is 0 Å². The molecule has 0 aromatic heterocycles. The second kappa shape index (κ2) is 5.70. The molecule has 0 bridgehead atoms. The van der Waals surface area contributed by atoms with Crippen LogP contribution >= 0.6 is 38.5 Å². The van der Waals surface area contributed by atoms with Gasteiger partial charge in [-0.3, -0.25) is 0 Å². The summed E-state index contributed by atoms with van der Waals surface area (Å²) >= 11 is 5.59. The van der Waals surface area contributed by atoms with E-state index >= 15 is 0 Å². The number of halogens is 2. The average Bonchev–Trinajstić information content (AvgIpc) is 2.18. The Balaban J connectivity index is 2.91. The monoisotopic (exact) mass is 368 g/mol. The molecule has 0 aliphatic carbocycles. The fourth-order valence-corrected chi connectivity index (χ4v) is 2.72. The lowest BCUT2D eigenvalue weighted by Crippen LogP contribution is -2.05. The third-order valence-electron chi connectivity index (χ3n) is 1.71. The molecule has 0 fully saturated rings. The van der Waals surface area contributed by atoms with Crippen molar-refractivity contribution in [3.63, 3.8) is 0 Å². The van der Waals surface area contributed by atoms with Crippen LogP contribution in [0, 0.1) is 3.57 Å². The van der Waals surface area contributed by atoms with E-state index in [9.17, 15) is 4.79 Å². The molecule has 0 saturated heterocycles. The van der Waals surface area contributed by atoms with Crippen LogP contribution in [-0.4, -0.2) is 12.6 Å². The van der Waals surface area contributed by atoms with E-state index in [0.29, 0.717) is 12.2 Å². The Morgan fingerprint density at radius 3 is 2.79 bits per heavy atom. The Morgan fingerprint density at radius 2 is 2.29 bits per heavy atom. The van der Waals surface area contributed by atoms with Crippen LogP contribution < -0.4 is 0 Å². The molecule has 0 N–H and O–H groups in total. The van der Waals surface area contributed by atoms with E-state index < -0.39 is 0 Å². The van der Waals surface area contributed by atoms with Crippen LogP contribution in [-0.2, 0) is 10.1 Å². The maximum atomic E-state index is 11.4. The van der Waals surface area contributed by atoms with E-state index in [0.717, 1.165) is 8.90 Å². The van der Waals surface area contributed by atoms with Crippen LogP contribution in [0.1, 0.15) is 22.8 Å². The number of hydrogen-bond donors (Lipinski definition) is 0. The minimum absolute atomic E-state index is 0.258. The number of carbonyl (C=O) groups excluding carboxylic acids is 1. The maximum absolute atomic E-state index is 11.4. The normalized spacial score (nSPS) is 9.93. The Labute approximate surface area is 105 Å². The third-order valence-corrected chi connectivity index (χ3v) is 3.32. The number of benzene rings is 1. The Morgan fingerprint density at radius 1 is 1.57 bits per heavy atom. The number of ether oxygens (including phenoxy) is 1. The maximum Gasteiger partial charge on any atom is 0.338 e. The van der Waals surface area contributed by atoms with Gasteiger partial charge in [0.05, 0.1) is 12.2 Å². The molecule has 0 saturated carbocycles. The average molecular weight is 369 g/mol. The van der Waals surface area contributed by atoms with E-state index in [4.69, 9.17) is 4.74 Å². The molecule has 14 heavy (non-hydrogen) atoms. The Bertz CT molecular complexity index is 339. The van der Waals surface area contributed by atoms with Gasteiger partial charge in [0.25, 0.3) is 0 Å². The lowest BCUT2D eigenvalue weighted by Gasteiger charge is -2.04. The summed E-state index contributed by atoms with van der Waals surface area (Å²) in [4.78, 5) is 11.4. The summed E-state index contributed by atoms with van der Waals surface area (Å²) in [7, 11) is 0. The lowest BCUT2D eigenvalue weighted by molar-refractivity contribution is 0.0526. The molecular formula is C10H10BrIO2. The second-order valence-electron chi connectivity index (χ2n) is 2.66. The summed E-state index contributed by atoms with van der Waals surface area (Å²) in [5.41, 5.74) is 1.79.